The van der Waals surface area contributed by atoms with Gasteiger partial charge in [0.25, 0.3) is 0 Å². The molecule has 0 aromatic carbocycles. The minimum absolute atomic E-state index is 0.175. The standard InChI is InChI=1S/C15H27N3O/c1-10(2)16-9-14-11(3)7-12(4)18-15(14)17-8-13(5)19-6/h7,10,13,16H,8-9H2,1-6H3,(H,17,18). The highest BCUT2D eigenvalue weighted by atomic mass is 16.5. The zero-order chi connectivity index (χ0) is 14.4. The molecule has 0 spiro atoms. The molecule has 0 radical (unpaired) electrons. The molecule has 4 nitrogen and oxygen atoms in total. The van der Waals surface area contributed by atoms with E-state index in [-0.39, 0.29) is 6.10 Å². The SMILES string of the molecule is COC(C)CNc1nc(C)cc(C)c1CNC(C)C. The Labute approximate surface area is 117 Å². The smallest absolute Gasteiger partial charge is 0.131 e. The number of pyridine rings is 1. The number of aromatic nitrogens is 1. The number of rotatable bonds is 7. The second-order valence-corrected chi connectivity index (χ2v) is 5.37. The van der Waals surface area contributed by atoms with Crippen molar-refractivity contribution in [2.45, 2.75) is 53.3 Å². The second kappa shape index (κ2) is 7.46. The van der Waals surface area contributed by atoms with E-state index in [1.165, 1.54) is 11.1 Å². The number of hydrogen-bond donors (Lipinski definition) is 2. The van der Waals surface area contributed by atoms with E-state index in [1.54, 1.807) is 7.11 Å². The summed E-state index contributed by atoms with van der Waals surface area (Å²) < 4.78 is 5.26. The molecule has 1 heterocycles. The van der Waals surface area contributed by atoms with Crippen LogP contribution in [0.5, 0.6) is 0 Å². The third-order valence-electron chi connectivity index (χ3n) is 3.12. The summed E-state index contributed by atoms with van der Waals surface area (Å²) in [6.45, 7) is 12.1. The lowest BCUT2D eigenvalue weighted by atomic mass is 10.1. The van der Waals surface area contributed by atoms with E-state index in [0.29, 0.717) is 6.04 Å². The number of nitrogens with zero attached hydrogens (tertiary/aromatic N) is 1. The van der Waals surface area contributed by atoms with Crippen LogP contribution in [0, 0.1) is 13.8 Å². The molecule has 0 bridgehead atoms. The third-order valence-corrected chi connectivity index (χ3v) is 3.12. The first-order chi connectivity index (χ1) is 8.93. The van der Waals surface area contributed by atoms with Crippen LogP contribution in [0.15, 0.2) is 6.07 Å². The summed E-state index contributed by atoms with van der Waals surface area (Å²) in [6, 6.07) is 2.59. The minimum Gasteiger partial charge on any atom is -0.380 e. The quantitative estimate of drug-likeness (QED) is 0.795. The summed E-state index contributed by atoms with van der Waals surface area (Å²) in [5.74, 6) is 0.967. The lowest BCUT2D eigenvalue weighted by Gasteiger charge is -2.18. The van der Waals surface area contributed by atoms with Gasteiger partial charge in [0.15, 0.2) is 0 Å². The minimum atomic E-state index is 0.175. The predicted octanol–water partition coefficient (Wildman–Crippen LogP) is 2.64. The van der Waals surface area contributed by atoms with Gasteiger partial charge in [-0.05, 0) is 32.4 Å². The highest BCUT2D eigenvalue weighted by Gasteiger charge is 2.10. The molecule has 0 aliphatic heterocycles. The molecule has 19 heavy (non-hydrogen) atoms. The van der Waals surface area contributed by atoms with Crippen molar-refractivity contribution in [3.8, 4) is 0 Å². The first-order valence-corrected chi connectivity index (χ1v) is 6.91. The molecular formula is C15H27N3O. The maximum atomic E-state index is 5.26. The van der Waals surface area contributed by atoms with Gasteiger partial charge in [0.2, 0.25) is 0 Å². The Morgan fingerprint density at radius 1 is 1.26 bits per heavy atom. The summed E-state index contributed by atoms with van der Waals surface area (Å²) in [5, 5.41) is 6.85. The summed E-state index contributed by atoms with van der Waals surface area (Å²) >= 11 is 0. The van der Waals surface area contributed by atoms with E-state index in [1.807, 2.05) is 13.8 Å². The summed E-state index contributed by atoms with van der Waals surface area (Å²) in [6.07, 6.45) is 0.175. The van der Waals surface area contributed by atoms with Crippen molar-refractivity contribution in [2.24, 2.45) is 0 Å². The first kappa shape index (κ1) is 15.9. The van der Waals surface area contributed by atoms with Crippen molar-refractivity contribution in [1.82, 2.24) is 10.3 Å². The van der Waals surface area contributed by atoms with Crippen molar-refractivity contribution >= 4 is 5.82 Å². The van der Waals surface area contributed by atoms with Crippen molar-refractivity contribution in [3.05, 3.63) is 22.9 Å². The highest BCUT2D eigenvalue weighted by Crippen LogP contribution is 2.19. The van der Waals surface area contributed by atoms with Crippen LogP contribution in [-0.2, 0) is 11.3 Å². The van der Waals surface area contributed by atoms with Crippen molar-refractivity contribution < 1.29 is 4.74 Å². The zero-order valence-electron chi connectivity index (χ0n) is 13.0. The van der Waals surface area contributed by atoms with Gasteiger partial charge in [-0.3, -0.25) is 0 Å². The Morgan fingerprint density at radius 2 is 1.95 bits per heavy atom. The van der Waals surface area contributed by atoms with E-state index in [9.17, 15) is 0 Å². The molecule has 0 aliphatic rings. The topological polar surface area (TPSA) is 46.2 Å². The number of ether oxygens (including phenoxy) is 1. The molecule has 108 valence electrons. The van der Waals surface area contributed by atoms with Crippen LogP contribution in [0.3, 0.4) is 0 Å². The molecule has 2 N–H and O–H groups in total. The Kier molecular flexibility index (Phi) is 6.25. The molecule has 0 aliphatic carbocycles. The van der Waals surface area contributed by atoms with Gasteiger partial charge >= 0.3 is 0 Å². The summed E-state index contributed by atoms with van der Waals surface area (Å²) in [5.41, 5.74) is 3.55. The molecule has 0 saturated carbocycles. The predicted molar refractivity (Wildman–Crippen MR) is 80.6 cm³/mol. The molecule has 0 saturated heterocycles. The first-order valence-electron chi connectivity index (χ1n) is 6.91. The molecule has 1 aromatic rings. The fourth-order valence-corrected chi connectivity index (χ4v) is 1.86. The molecule has 1 aromatic heterocycles. The fourth-order valence-electron chi connectivity index (χ4n) is 1.86. The number of nitrogens with one attached hydrogen (secondary N) is 2. The summed E-state index contributed by atoms with van der Waals surface area (Å²) in [4.78, 5) is 4.61. The van der Waals surface area contributed by atoms with Crippen molar-refractivity contribution in [3.63, 3.8) is 0 Å². The Bertz CT molecular complexity index is 405. The third kappa shape index (κ3) is 5.17. The largest absolute Gasteiger partial charge is 0.380 e. The maximum Gasteiger partial charge on any atom is 0.131 e. The lowest BCUT2D eigenvalue weighted by molar-refractivity contribution is 0.128. The van der Waals surface area contributed by atoms with Gasteiger partial charge in [-0.2, -0.15) is 0 Å². The summed E-state index contributed by atoms with van der Waals surface area (Å²) in [7, 11) is 1.72. The maximum absolute atomic E-state index is 5.26. The Morgan fingerprint density at radius 3 is 2.53 bits per heavy atom. The number of aryl methyl sites for hydroxylation is 2. The van der Waals surface area contributed by atoms with Gasteiger partial charge in [-0.1, -0.05) is 13.8 Å². The van der Waals surface area contributed by atoms with Gasteiger partial charge < -0.3 is 15.4 Å². The molecule has 0 amide bonds. The van der Waals surface area contributed by atoms with Gasteiger partial charge in [0.1, 0.15) is 5.82 Å². The van der Waals surface area contributed by atoms with Crippen LogP contribution >= 0.6 is 0 Å². The fraction of sp³-hybridized carbons (Fsp3) is 0.667. The van der Waals surface area contributed by atoms with Crippen LogP contribution in [0.1, 0.15) is 37.6 Å². The number of anilines is 1. The van der Waals surface area contributed by atoms with Crippen molar-refractivity contribution in [2.75, 3.05) is 19.0 Å². The van der Waals surface area contributed by atoms with Crippen LogP contribution in [-0.4, -0.2) is 30.8 Å². The Balaban J connectivity index is 2.86. The number of methoxy groups -OCH3 is 1. The molecule has 1 atom stereocenters. The Hall–Kier alpha value is -1.13. The highest BCUT2D eigenvalue weighted by molar-refractivity contribution is 5.49. The van der Waals surface area contributed by atoms with Crippen LogP contribution in [0.4, 0.5) is 5.82 Å². The molecule has 4 heteroatoms. The van der Waals surface area contributed by atoms with Crippen LogP contribution < -0.4 is 10.6 Å². The molecular weight excluding hydrogens is 238 g/mol. The van der Waals surface area contributed by atoms with Gasteiger partial charge in [-0.15, -0.1) is 0 Å². The zero-order valence-corrected chi connectivity index (χ0v) is 13.0. The van der Waals surface area contributed by atoms with E-state index in [0.717, 1.165) is 24.6 Å². The van der Waals surface area contributed by atoms with E-state index < -0.39 is 0 Å². The average Bonchev–Trinajstić information content (AvgIpc) is 2.34. The molecule has 1 rings (SSSR count). The van der Waals surface area contributed by atoms with Crippen LogP contribution in [0.2, 0.25) is 0 Å². The van der Waals surface area contributed by atoms with Gasteiger partial charge in [0.05, 0.1) is 6.10 Å². The van der Waals surface area contributed by atoms with Gasteiger partial charge in [-0.25, -0.2) is 4.98 Å². The van der Waals surface area contributed by atoms with E-state index >= 15 is 0 Å². The van der Waals surface area contributed by atoms with E-state index in [2.05, 4.69) is 42.5 Å². The average molecular weight is 265 g/mol. The molecule has 1 unspecified atom stereocenters. The number of hydrogen-bond acceptors (Lipinski definition) is 4. The lowest BCUT2D eigenvalue weighted by Crippen LogP contribution is -2.25. The molecule has 0 fully saturated rings. The second-order valence-electron chi connectivity index (χ2n) is 5.37. The van der Waals surface area contributed by atoms with Gasteiger partial charge in [0, 0.05) is 37.5 Å². The van der Waals surface area contributed by atoms with Crippen molar-refractivity contribution in [1.29, 1.82) is 0 Å². The van der Waals surface area contributed by atoms with Crippen LogP contribution in [0.25, 0.3) is 0 Å². The monoisotopic (exact) mass is 265 g/mol. The normalized spacial score (nSPS) is 12.8. The van der Waals surface area contributed by atoms with E-state index in [4.69, 9.17) is 4.74 Å².